The van der Waals surface area contributed by atoms with E-state index in [1.165, 1.54) is 27.8 Å². The van der Waals surface area contributed by atoms with Gasteiger partial charge in [0.15, 0.2) is 0 Å². The van der Waals surface area contributed by atoms with Gasteiger partial charge in [-0.3, -0.25) is 0 Å². The zero-order valence-electron chi connectivity index (χ0n) is 9.83. The first-order valence-corrected chi connectivity index (χ1v) is 5.51. The maximum atomic E-state index is 3.81. The van der Waals surface area contributed by atoms with Gasteiger partial charge in [-0.15, -0.1) is 0 Å². The van der Waals surface area contributed by atoms with Gasteiger partial charge in [0.25, 0.3) is 0 Å². The Labute approximate surface area is 97.3 Å². The SMILES string of the molecule is C=Cc1cccc(-c2cc(C)ccc2C)c1. The van der Waals surface area contributed by atoms with Crippen molar-refractivity contribution in [3.05, 3.63) is 65.7 Å². The predicted octanol–water partition coefficient (Wildman–Crippen LogP) is 4.61. The smallest absolute Gasteiger partial charge is 0.0152 e. The normalized spacial score (nSPS) is 10.1. The Kier molecular flexibility index (Phi) is 2.91. The molecule has 0 bridgehead atoms. The van der Waals surface area contributed by atoms with Gasteiger partial charge in [0.05, 0.1) is 0 Å². The van der Waals surface area contributed by atoms with Crippen molar-refractivity contribution in [3.63, 3.8) is 0 Å². The van der Waals surface area contributed by atoms with E-state index in [0.29, 0.717) is 0 Å². The second-order valence-corrected chi connectivity index (χ2v) is 4.15. The summed E-state index contributed by atoms with van der Waals surface area (Å²) in [6.07, 6.45) is 1.88. The highest BCUT2D eigenvalue weighted by molar-refractivity contribution is 5.70. The van der Waals surface area contributed by atoms with Crippen molar-refractivity contribution in [2.24, 2.45) is 0 Å². The Morgan fingerprint density at radius 1 is 1.00 bits per heavy atom. The van der Waals surface area contributed by atoms with Crippen molar-refractivity contribution < 1.29 is 0 Å². The topological polar surface area (TPSA) is 0 Å². The molecule has 0 aliphatic rings. The van der Waals surface area contributed by atoms with Crippen LogP contribution in [0.25, 0.3) is 17.2 Å². The third-order valence-corrected chi connectivity index (χ3v) is 2.83. The van der Waals surface area contributed by atoms with E-state index in [2.05, 4.69) is 62.9 Å². The molecule has 80 valence electrons. The molecule has 0 aliphatic heterocycles. The molecule has 0 saturated carbocycles. The van der Waals surface area contributed by atoms with E-state index in [-0.39, 0.29) is 0 Å². The highest BCUT2D eigenvalue weighted by Gasteiger charge is 2.02. The van der Waals surface area contributed by atoms with Crippen molar-refractivity contribution in [1.82, 2.24) is 0 Å². The van der Waals surface area contributed by atoms with Crippen LogP contribution in [-0.2, 0) is 0 Å². The largest absolute Gasteiger partial charge is 0.0985 e. The van der Waals surface area contributed by atoms with E-state index in [9.17, 15) is 0 Å². The summed E-state index contributed by atoms with van der Waals surface area (Å²) < 4.78 is 0. The predicted molar refractivity (Wildman–Crippen MR) is 71.4 cm³/mol. The monoisotopic (exact) mass is 208 g/mol. The molecule has 0 radical (unpaired) electrons. The molecule has 0 fully saturated rings. The lowest BCUT2D eigenvalue weighted by Crippen LogP contribution is -1.85. The summed E-state index contributed by atoms with van der Waals surface area (Å²) in [4.78, 5) is 0. The maximum absolute atomic E-state index is 3.81. The molecule has 2 rings (SSSR count). The number of hydrogen-bond donors (Lipinski definition) is 0. The Morgan fingerprint density at radius 3 is 2.56 bits per heavy atom. The van der Waals surface area contributed by atoms with Crippen LogP contribution in [0.2, 0.25) is 0 Å². The molecule has 0 aliphatic carbocycles. The molecule has 0 heterocycles. The first-order valence-electron chi connectivity index (χ1n) is 5.51. The number of aryl methyl sites for hydroxylation is 2. The molecular formula is C16H16. The van der Waals surface area contributed by atoms with Crippen molar-refractivity contribution in [3.8, 4) is 11.1 Å². The third kappa shape index (κ3) is 2.06. The van der Waals surface area contributed by atoms with Gasteiger partial charge < -0.3 is 0 Å². The van der Waals surface area contributed by atoms with Crippen molar-refractivity contribution in [2.75, 3.05) is 0 Å². The summed E-state index contributed by atoms with van der Waals surface area (Å²) >= 11 is 0. The Bertz CT molecular complexity index is 521. The summed E-state index contributed by atoms with van der Waals surface area (Å²) in [6, 6.07) is 15.0. The summed E-state index contributed by atoms with van der Waals surface area (Å²) in [5, 5.41) is 0. The quantitative estimate of drug-likeness (QED) is 0.676. The summed E-state index contributed by atoms with van der Waals surface area (Å²) in [5.41, 5.74) is 6.34. The van der Waals surface area contributed by atoms with Gasteiger partial charge in [0, 0.05) is 0 Å². The average Bonchev–Trinajstić information content (AvgIpc) is 2.32. The lowest BCUT2D eigenvalue weighted by Gasteiger charge is -2.08. The molecule has 0 N–H and O–H groups in total. The van der Waals surface area contributed by atoms with Gasteiger partial charge in [-0.25, -0.2) is 0 Å². The van der Waals surface area contributed by atoms with Crippen LogP contribution >= 0.6 is 0 Å². The maximum Gasteiger partial charge on any atom is -0.0152 e. The summed E-state index contributed by atoms with van der Waals surface area (Å²) in [6.45, 7) is 8.08. The Balaban J connectivity index is 2.57. The minimum Gasteiger partial charge on any atom is -0.0985 e. The van der Waals surface area contributed by atoms with Crippen LogP contribution in [0.1, 0.15) is 16.7 Å². The zero-order chi connectivity index (χ0) is 11.5. The van der Waals surface area contributed by atoms with Crippen LogP contribution in [0.3, 0.4) is 0 Å². The van der Waals surface area contributed by atoms with E-state index in [1.807, 2.05) is 6.08 Å². The molecule has 0 unspecified atom stereocenters. The van der Waals surface area contributed by atoms with Crippen LogP contribution in [-0.4, -0.2) is 0 Å². The zero-order valence-corrected chi connectivity index (χ0v) is 9.83. The molecule has 2 aromatic carbocycles. The molecule has 0 heteroatoms. The lowest BCUT2D eigenvalue weighted by molar-refractivity contribution is 1.39. The fourth-order valence-corrected chi connectivity index (χ4v) is 1.88. The van der Waals surface area contributed by atoms with Crippen LogP contribution < -0.4 is 0 Å². The van der Waals surface area contributed by atoms with E-state index >= 15 is 0 Å². The molecule has 0 atom stereocenters. The average molecular weight is 208 g/mol. The summed E-state index contributed by atoms with van der Waals surface area (Å²) in [5.74, 6) is 0. The molecule has 0 amide bonds. The van der Waals surface area contributed by atoms with Gasteiger partial charge >= 0.3 is 0 Å². The minimum atomic E-state index is 1.17. The van der Waals surface area contributed by atoms with Crippen LogP contribution in [0, 0.1) is 13.8 Å². The second-order valence-electron chi connectivity index (χ2n) is 4.15. The van der Waals surface area contributed by atoms with Crippen molar-refractivity contribution >= 4 is 6.08 Å². The molecule has 0 spiro atoms. The molecule has 0 saturated heterocycles. The fraction of sp³-hybridized carbons (Fsp3) is 0.125. The van der Waals surface area contributed by atoms with E-state index < -0.39 is 0 Å². The molecule has 2 aromatic rings. The van der Waals surface area contributed by atoms with Crippen LogP contribution in [0.4, 0.5) is 0 Å². The van der Waals surface area contributed by atoms with Gasteiger partial charge in [0.2, 0.25) is 0 Å². The highest BCUT2D eigenvalue weighted by atomic mass is 14.1. The third-order valence-electron chi connectivity index (χ3n) is 2.83. The van der Waals surface area contributed by atoms with E-state index in [4.69, 9.17) is 0 Å². The first kappa shape index (κ1) is 10.7. The van der Waals surface area contributed by atoms with Crippen LogP contribution in [0.5, 0.6) is 0 Å². The van der Waals surface area contributed by atoms with E-state index in [1.54, 1.807) is 0 Å². The number of hydrogen-bond acceptors (Lipinski definition) is 0. The number of benzene rings is 2. The highest BCUT2D eigenvalue weighted by Crippen LogP contribution is 2.25. The Morgan fingerprint density at radius 2 is 1.81 bits per heavy atom. The van der Waals surface area contributed by atoms with E-state index in [0.717, 1.165) is 0 Å². The molecule has 16 heavy (non-hydrogen) atoms. The fourth-order valence-electron chi connectivity index (χ4n) is 1.88. The molecule has 0 aromatic heterocycles. The van der Waals surface area contributed by atoms with Gasteiger partial charge in [-0.2, -0.15) is 0 Å². The summed E-state index contributed by atoms with van der Waals surface area (Å²) in [7, 11) is 0. The van der Waals surface area contributed by atoms with Gasteiger partial charge in [0.1, 0.15) is 0 Å². The van der Waals surface area contributed by atoms with Crippen molar-refractivity contribution in [2.45, 2.75) is 13.8 Å². The lowest BCUT2D eigenvalue weighted by atomic mass is 9.97. The minimum absolute atomic E-state index is 1.17. The van der Waals surface area contributed by atoms with Crippen molar-refractivity contribution in [1.29, 1.82) is 0 Å². The standard InChI is InChI=1S/C16H16/c1-4-14-6-5-7-15(11-14)16-10-12(2)8-9-13(16)3/h4-11H,1H2,2-3H3. The molecular weight excluding hydrogens is 192 g/mol. The Hall–Kier alpha value is -1.82. The number of rotatable bonds is 2. The van der Waals surface area contributed by atoms with Gasteiger partial charge in [-0.05, 0) is 42.2 Å². The molecule has 0 nitrogen and oxygen atoms in total. The van der Waals surface area contributed by atoms with Gasteiger partial charge in [-0.1, -0.05) is 54.6 Å². The second kappa shape index (κ2) is 4.36. The van der Waals surface area contributed by atoms with Crippen LogP contribution in [0.15, 0.2) is 49.0 Å². The first-order chi connectivity index (χ1) is 7.70.